The van der Waals surface area contributed by atoms with Gasteiger partial charge in [-0.2, -0.15) is 8.42 Å². The Morgan fingerprint density at radius 2 is 1.71 bits per heavy atom. The largest absolute Gasteiger partial charge is 0.497 e. The molecule has 0 unspecified atom stereocenters. The average Bonchev–Trinajstić information content (AvgIpc) is 2.55. The first-order valence-electron chi connectivity index (χ1n) is 6.39. The van der Waals surface area contributed by atoms with E-state index in [-0.39, 0.29) is 32.9 Å². The van der Waals surface area contributed by atoms with E-state index in [4.69, 9.17) is 25.3 Å². The molecule has 0 radical (unpaired) electrons. The number of halogens is 1. The Labute approximate surface area is 142 Å². The molecule has 2 rings (SSSR count). The fourth-order valence-corrected chi connectivity index (χ4v) is 3.20. The molecule has 2 aromatic rings. The molecule has 0 spiro atoms. The number of nitrogens with zero attached hydrogens (tertiary/aromatic N) is 1. The van der Waals surface area contributed by atoms with Crippen LogP contribution in [-0.2, 0) is 10.1 Å². The smallest absolute Gasteiger partial charge is 0.343 e. The van der Waals surface area contributed by atoms with Crippen LogP contribution in [0.15, 0.2) is 41.3 Å². The van der Waals surface area contributed by atoms with Crippen LogP contribution in [0.5, 0.6) is 17.2 Å². The van der Waals surface area contributed by atoms with Crippen molar-refractivity contribution in [1.29, 1.82) is 0 Å². The maximum Gasteiger partial charge on any atom is 0.343 e. The van der Waals surface area contributed by atoms with Gasteiger partial charge in [0.05, 0.1) is 24.2 Å². The Balaban J connectivity index is 2.44. The van der Waals surface area contributed by atoms with Crippen LogP contribution < -0.4 is 13.7 Å². The van der Waals surface area contributed by atoms with Crippen LogP contribution in [0.2, 0.25) is 5.02 Å². The van der Waals surface area contributed by atoms with Crippen LogP contribution in [0, 0.1) is 10.1 Å². The highest BCUT2D eigenvalue weighted by Gasteiger charge is 2.24. The second-order valence-corrected chi connectivity index (χ2v) is 6.35. The summed E-state index contributed by atoms with van der Waals surface area (Å²) in [5, 5.41) is 10.5. The third-order valence-electron chi connectivity index (χ3n) is 2.97. The van der Waals surface area contributed by atoms with Gasteiger partial charge in [-0.15, -0.1) is 0 Å². The number of nitro groups is 1. The lowest BCUT2D eigenvalue weighted by Gasteiger charge is -2.12. The molecule has 0 heterocycles. The van der Waals surface area contributed by atoms with Gasteiger partial charge in [0.15, 0.2) is 10.6 Å². The van der Waals surface area contributed by atoms with Crippen molar-refractivity contribution in [1.82, 2.24) is 0 Å². The summed E-state index contributed by atoms with van der Waals surface area (Å²) in [5.74, 6) is 0.0914. The molecule has 0 aliphatic heterocycles. The predicted octanol–water partition coefficient (Wildman–Crippen LogP) is 3.03. The van der Waals surface area contributed by atoms with E-state index >= 15 is 0 Å². The second-order valence-electron chi connectivity index (χ2n) is 4.43. The molecule has 0 atom stereocenters. The summed E-state index contributed by atoms with van der Waals surface area (Å²) in [7, 11) is -1.62. The quantitative estimate of drug-likeness (QED) is 0.435. The molecule has 0 saturated heterocycles. The van der Waals surface area contributed by atoms with Crippen molar-refractivity contribution in [3.63, 3.8) is 0 Å². The second kappa shape index (κ2) is 6.93. The molecule has 0 aromatic heterocycles. The lowest BCUT2D eigenvalue weighted by atomic mass is 10.3. The molecule has 24 heavy (non-hydrogen) atoms. The molecule has 0 fully saturated rings. The Kier molecular flexibility index (Phi) is 5.15. The monoisotopic (exact) mass is 373 g/mol. The van der Waals surface area contributed by atoms with Gasteiger partial charge in [0, 0.05) is 18.2 Å². The van der Waals surface area contributed by atoms with Gasteiger partial charge in [-0.25, -0.2) is 0 Å². The van der Waals surface area contributed by atoms with Crippen molar-refractivity contribution < 1.29 is 27.0 Å². The summed E-state index contributed by atoms with van der Waals surface area (Å²) in [6.07, 6.45) is 0. The third-order valence-corrected chi connectivity index (χ3v) is 4.52. The van der Waals surface area contributed by atoms with Crippen molar-refractivity contribution in [2.75, 3.05) is 14.2 Å². The summed E-state index contributed by atoms with van der Waals surface area (Å²) in [4.78, 5) is 9.76. The van der Waals surface area contributed by atoms with Crippen LogP contribution in [0.4, 0.5) is 5.69 Å². The molecule has 0 saturated carbocycles. The lowest BCUT2D eigenvalue weighted by molar-refractivity contribution is -0.384. The van der Waals surface area contributed by atoms with Gasteiger partial charge in [-0.1, -0.05) is 11.6 Å². The van der Waals surface area contributed by atoms with Crippen LogP contribution in [0.25, 0.3) is 0 Å². The van der Waals surface area contributed by atoms with Gasteiger partial charge >= 0.3 is 10.1 Å². The molecule has 0 N–H and O–H groups in total. The zero-order valence-corrected chi connectivity index (χ0v) is 14.1. The summed E-state index contributed by atoms with van der Waals surface area (Å²) >= 11 is 5.85. The first-order valence-corrected chi connectivity index (χ1v) is 8.17. The average molecular weight is 374 g/mol. The Hall–Kier alpha value is -2.52. The van der Waals surface area contributed by atoms with E-state index in [1.165, 1.54) is 32.4 Å². The molecule has 0 amide bonds. The van der Waals surface area contributed by atoms with Crippen LogP contribution in [0.3, 0.4) is 0 Å². The minimum Gasteiger partial charge on any atom is -0.497 e. The fourth-order valence-electron chi connectivity index (χ4n) is 1.81. The summed E-state index contributed by atoms with van der Waals surface area (Å²) in [6.45, 7) is 0. The van der Waals surface area contributed by atoms with Crippen LogP contribution in [0.1, 0.15) is 0 Å². The van der Waals surface area contributed by atoms with E-state index in [1.54, 1.807) is 0 Å². The first kappa shape index (κ1) is 17.8. The highest BCUT2D eigenvalue weighted by atomic mass is 35.5. The standard InChI is InChI=1S/C14H12ClNO7S/c1-21-10-4-6-13(22-2)14(8-10)24(19,20)23-12-5-3-9(16(17)18)7-11(12)15/h3-8H,1-2H3. The summed E-state index contributed by atoms with van der Waals surface area (Å²) < 4.78 is 39.9. The minimum absolute atomic E-state index is 0.0498. The Morgan fingerprint density at radius 3 is 2.25 bits per heavy atom. The fraction of sp³-hybridized carbons (Fsp3) is 0.143. The number of benzene rings is 2. The van der Waals surface area contributed by atoms with Gasteiger partial charge in [0.2, 0.25) is 0 Å². The maximum atomic E-state index is 12.5. The number of hydrogen-bond acceptors (Lipinski definition) is 7. The van der Waals surface area contributed by atoms with Crippen LogP contribution in [-0.4, -0.2) is 27.6 Å². The number of ether oxygens (including phenoxy) is 2. The Bertz CT molecular complexity index is 883. The van der Waals surface area contributed by atoms with E-state index in [9.17, 15) is 18.5 Å². The van der Waals surface area contributed by atoms with Gasteiger partial charge in [-0.05, 0) is 18.2 Å². The minimum atomic E-state index is -4.30. The third kappa shape index (κ3) is 3.69. The SMILES string of the molecule is COc1ccc(OC)c(S(=O)(=O)Oc2ccc([N+](=O)[O-])cc2Cl)c1. The van der Waals surface area contributed by atoms with E-state index in [2.05, 4.69) is 0 Å². The normalized spacial score (nSPS) is 11.0. The summed E-state index contributed by atoms with van der Waals surface area (Å²) in [5.41, 5.74) is -0.288. The van der Waals surface area contributed by atoms with Crippen molar-refractivity contribution in [3.8, 4) is 17.2 Å². The van der Waals surface area contributed by atoms with Gasteiger partial charge in [0.1, 0.15) is 11.5 Å². The Morgan fingerprint density at radius 1 is 1.04 bits per heavy atom. The number of non-ortho nitro benzene ring substituents is 1. The topological polar surface area (TPSA) is 105 Å². The zero-order valence-electron chi connectivity index (χ0n) is 12.6. The van der Waals surface area contributed by atoms with Crippen molar-refractivity contribution >= 4 is 27.4 Å². The zero-order chi connectivity index (χ0) is 17.9. The van der Waals surface area contributed by atoms with E-state index in [0.717, 1.165) is 18.2 Å². The highest BCUT2D eigenvalue weighted by molar-refractivity contribution is 7.87. The number of hydrogen-bond donors (Lipinski definition) is 0. The van der Waals surface area contributed by atoms with Gasteiger partial charge in [-0.3, -0.25) is 10.1 Å². The van der Waals surface area contributed by atoms with E-state index in [0.29, 0.717) is 0 Å². The van der Waals surface area contributed by atoms with Crippen molar-refractivity contribution in [2.45, 2.75) is 4.90 Å². The van der Waals surface area contributed by atoms with Crippen LogP contribution >= 0.6 is 11.6 Å². The lowest BCUT2D eigenvalue weighted by Crippen LogP contribution is -2.11. The molecule has 0 aliphatic rings. The highest BCUT2D eigenvalue weighted by Crippen LogP contribution is 2.34. The van der Waals surface area contributed by atoms with E-state index < -0.39 is 15.0 Å². The van der Waals surface area contributed by atoms with E-state index in [1.807, 2.05) is 0 Å². The van der Waals surface area contributed by atoms with Gasteiger partial charge < -0.3 is 13.7 Å². The number of methoxy groups -OCH3 is 2. The molecule has 10 heteroatoms. The van der Waals surface area contributed by atoms with Crippen molar-refractivity contribution in [3.05, 3.63) is 51.5 Å². The molecule has 0 bridgehead atoms. The predicted molar refractivity (Wildman–Crippen MR) is 85.5 cm³/mol. The summed E-state index contributed by atoms with van der Waals surface area (Å²) in [6, 6.07) is 7.34. The maximum absolute atomic E-state index is 12.5. The molecule has 0 aliphatic carbocycles. The number of rotatable bonds is 6. The number of nitro benzene ring substituents is 1. The molecular weight excluding hydrogens is 362 g/mol. The molecular formula is C14H12ClNO7S. The first-order chi connectivity index (χ1) is 11.3. The van der Waals surface area contributed by atoms with Crippen molar-refractivity contribution in [2.24, 2.45) is 0 Å². The van der Waals surface area contributed by atoms with Gasteiger partial charge in [0.25, 0.3) is 5.69 Å². The molecule has 2 aromatic carbocycles. The molecule has 128 valence electrons. The molecule has 8 nitrogen and oxygen atoms in total.